The Morgan fingerprint density at radius 3 is 3.00 bits per heavy atom. The number of nitriles is 1. The second-order valence-electron chi connectivity index (χ2n) is 4.10. The maximum Gasteiger partial charge on any atom is 0.107 e. The molecule has 0 saturated heterocycles. The van der Waals surface area contributed by atoms with Crippen molar-refractivity contribution in [2.24, 2.45) is 0 Å². The Bertz CT molecular complexity index is 371. The van der Waals surface area contributed by atoms with Gasteiger partial charge in [-0.25, -0.2) is 4.98 Å². The van der Waals surface area contributed by atoms with Gasteiger partial charge >= 0.3 is 0 Å². The molecule has 1 aliphatic rings. The summed E-state index contributed by atoms with van der Waals surface area (Å²) in [6.45, 7) is 4.46. The lowest BCUT2D eigenvalue weighted by Gasteiger charge is -2.15. The maximum absolute atomic E-state index is 8.56. The average Bonchev–Trinajstić information content (AvgIpc) is 2.55. The van der Waals surface area contributed by atoms with E-state index in [0.29, 0.717) is 6.42 Å². The normalized spacial score (nSPS) is 18.2. The molecule has 0 unspecified atom stereocenters. The van der Waals surface area contributed by atoms with E-state index in [2.05, 4.69) is 24.9 Å². The lowest BCUT2D eigenvalue weighted by molar-refractivity contribution is 0.508. The summed E-state index contributed by atoms with van der Waals surface area (Å²) in [5.41, 5.74) is 1.47. The third kappa shape index (κ3) is 1.36. The maximum atomic E-state index is 8.56. The van der Waals surface area contributed by atoms with E-state index < -0.39 is 0 Å². The molecule has 1 aliphatic carbocycles. The number of nitrogens with zero attached hydrogens (tertiary/aromatic N) is 2. The Morgan fingerprint density at radius 1 is 1.62 bits per heavy atom. The van der Waals surface area contributed by atoms with Crippen LogP contribution in [0.15, 0.2) is 0 Å². The highest BCUT2D eigenvalue weighted by atomic mass is 32.1. The Hall–Kier alpha value is -0.880. The van der Waals surface area contributed by atoms with Crippen molar-refractivity contribution in [1.29, 1.82) is 5.26 Å². The van der Waals surface area contributed by atoms with Crippen LogP contribution in [0, 0.1) is 11.3 Å². The molecule has 0 aromatic carbocycles. The van der Waals surface area contributed by atoms with Gasteiger partial charge in [0.05, 0.1) is 18.2 Å². The topological polar surface area (TPSA) is 36.7 Å². The zero-order valence-corrected chi connectivity index (χ0v) is 8.74. The smallest absolute Gasteiger partial charge is 0.107 e. The zero-order valence-electron chi connectivity index (χ0n) is 7.92. The first-order chi connectivity index (χ1) is 6.13. The molecule has 2 nitrogen and oxygen atoms in total. The van der Waals surface area contributed by atoms with E-state index in [0.717, 1.165) is 11.4 Å². The first-order valence-corrected chi connectivity index (χ1v) is 5.31. The van der Waals surface area contributed by atoms with Gasteiger partial charge in [-0.1, -0.05) is 13.8 Å². The van der Waals surface area contributed by atoms with Gasteiger partial charge in [0.2, 0.25) is 0 Å². The van der Waals surface area contributed by atoms with E-state index in [1.165, 1.54) is 17.0 Å². The summed E-state index contributed by atoms with van der Waals surface area (Å²) in [6.07, 6.45) is 2.81. The van der Waals surface area contributed by atoms with E-state index in [-0.39, 0.29) is 5.41 Å². The fourth-order valence-electron chi connectivity index (χ4n) is 1.79. The molecule has 0 amide bonds. The van der Waals surface area contributed by atoms with Crippen LogP contribution in [0.4, 0.5) is 0 Å². The van der Waals surface area contributed by atoms with Crippen molar-refractivity contribution >= 4 is 11.3 Å². The van der Waals surface area contributed by atoms with Crippen molar-refractivity contribution in [3.8, 4) is 6.07 Å². The Labute approximate surface area is 82.2 Å². The second-order valence-corrected chi connectivity index (χ2v) is 5.27. The van der Waals surface area contributed by atoms with E-state index in [1.54, 1.807) is 11.3 Å². The van der Waals surface area contributed by atoms with Crippen molar-refractivity contribution < 1.29 is 0 Å². The van der Waals surface area contributed by atoms with Gasteiger partial charge in [-0.05, 0) is 12.8 Å². The van der Waals surface area contributed by atoms with Crippen LogP contribution < -0.4 is 0 Å². The predicted octanol–water partition coefficient (Wildman–Crippen LogP) is 2.43. The lowest BCUT2D eigenvalue weighted by atomic mass is 9.91. The van der Waals surface area contributed by atoms with Crippen molar-refractivity contribution in [2.75, 3.05) is 0 Å². The molecule has 0 spiro atoms. The standard InChI is InChI=1S/C10H12N2S/c1-10(2)5-3-7-9(10)12-8(13-7)4-6-11/h3-5H2,1-2H3. The molecule has 3 heteroatoms. The molecule has 0 radical (unpaired) electrons. The highest BCUT2D eigenvalue weighted by Gasteiger charge is 2.33. The Balaban J connectivity index is 2.38. The van der Waals surface area contributed by atoms with Gasteiger partial charge in [0.15, 0.2) is 0 Å². The van der Waals surface area contributed by atoms with E-state index in [4.69, 9.17) is 5.26 Å². The van der Waals surface area contributed by atoms with Gasteiger partial charge in [0.25, 0.3) is 0 Å². The van der Waals surface area contributed by atoms with Crippen molar-refractivity contribution in [3.05, 3.63) is 15.6 Å². The molecule has 13 heavy (non-hydrogen) atoms. The second kappa shape index (κ2) is 2.81. The average molecular weight is 192 g/mol. The summed E-state index contributed by atoms with van der Waals surface area (Å²) >= 11 is 1.72. The molecule has 0 saturated carbocycles. The summed E-state index contributed by atoms with van der Waals surface area (Å²) in [7, 11) is 0. The van der Waals surface area contributed by atoms with Crippen molar-refractivity contribution in [2.45, 2.75) is 38.5 Å². The van der Waals surface area contributed by atoms with Crippen LogP contribution in [0.25, 0.3) is 0 Å². The Morgan fingerprint density at radius 2 is 2.38 bits per heavy atom. The van der Waals surface area contributed by atoms with Gasteiger partial charge < -0.3 is 0 Å². The lowest BCUT2D eigenvalue weighted by Crippen LogP contribution is -2.12. The van der Waals surface area contributed by atoms with E-state index >= 15 is 0 Å². The first kappa shape index (κ1) is 8.71. The number of fused-ring (bicyclic) bond motifs is 1. The minimum Gasteiger partial charge on any atom is -0.244 e. The molecule has 1 aromatic heterocycles. The molecule has 1 aromatic rings. The molecule has 0 fully saturated rings. The highest BCUT2D eigenvalue weighted by molar-refractivity contribution is 7.11. The Kier molecular flexibility index (Phi) is 1.88. The van der Waals surface area contributed by atoms with E-state index in [9.17, 15) is 0 Å². The van der Waals surface area contributed by atoms with Crippen LogP contribution in [-0.4, -0.2) is 4.98 Å². The molecular weight excluding hydrogens is 180 g/mol. The summed E-state index contributed by atoms with van der Waals surface area (Å²) < 4.78 is 0. The number of hydrogen-bond donors (Lipinski definition) is 0. The third-order valence-electron chi connectivity index (χ3n) is 2.59. The quantitative estimate of drug-likeness (QED) is 0.685. The van der Waals surface area contributed by atoms with Gasteiger partial charge in [0.1, 0.15) is 5.01 Å². The number of hydrogen-bond acceptors (Lipinski definition) is 3. The van der Waals surface area contributed by atoms with Crippen LogP contribution in [-0.2, 0) is 18.3 Å². The minimum atomic E-state index is 0.236. The van der Waals surface area contributed by atoms with Crippen LogP contribution in [0.2, 0.25) is 0 Å². The third-order valence-corrected chi connectivity index (χ3v) is 3.71. The van der Waals surface area contributed by atoms with Crippen LogP contribution >= 0.6 is 11.3 Å². The summed E-state index contributed by atoms with van der Waals surface area (Å²) in [5, 5.41) is 9.54. The number of aromatic nitrogens is 1. The highest BCUT2D eigenvalue weighted by Crippen LogP contribution is 2.40. The monoisotopic (exact) mass is 192 g/mol. The molecule has 68 valence electrons. The van der Waals surface area contributed by atoms with Crippen LogP contribution in [0.5, 0.6) is 0 Å². The number of aryl methyl sites for hydroxylation is 1. The largest absolute Gasteiger partial charge is 0.244 e. The van der Waals surface area contributed by atoms with Gasteiger partial charge in [-0.3, -0.25) is 0 Å². The fraction of sp³-hybridized carbons (Fsp3) is 0.600. The summed E-state index contributed by atoms with van der Waals surface area (Å²) in [4.78, 5) is 5.93. The van der Waals surface area contributed by atoms with Crippen LogP contribution in [0.1, 0.15) is 35.8 Å². The van der Waals surface area contributed by atoms with E-state index in [1.807, 2.05) is 0 Å². The van der Waals surface area contributed by atoms with Crippen LogP contribution in [0.3, 0.4) is 0 Å². The number of rotatable bonds is 1. The summed E-state index contributed by atoms with van der Waals surface area (Å²) in [5.74, 6) is 0. The zero-order chi connectivity index (χ0) is 9.47. The van der Waals surface area contributed by atoms with Crippen molar-refractivity contribution in [1.82, 2.24) is 4.98 Å². The molecule has 1 heterocycles. The van der Waals surface area contributed by atoms with Gasteiger partial charge in [-0.15, -0.1) is 11.3 Å². The molecule has 0 bridgehead atoms. The number of thiazole rings is 1. The predicted molar refractivity (Wildman–Crippen MR) is 52.8 cm³/mol. The first-order valence-electron chi connectivity index (χ1n) is 4.49. The molecule has 2 rings (SSSR count). The molecule has 0 aliphatic heterocycles. The fourth-order valence-corrected chi connectivity index (χ4v) is 2.97. The minimum absolute atomic E-state index is 0.236. The van der Waals surface area contributed by atoms with Gasteiger partial charge in [0, 0.05) is 10.3 Å². The van der Waals surface area contributed by atoms with Gasteiger partial charge in [-0.2, -0.15) is 5.26 Å². The SMILES string of the molecule is CC1(C)CCc2sc(CC#N)nc21. The van der Waals surface area contributed by atoms with Crippen molar-refractivity contribution in [3.63, 3.8) is 0 Å². The molecule has 0 N–H and O–H groups in total. The summed E-state index contributed by atoms with van der Waals surface area (Å²) in [6, 6.07) is 2.15. The molecular formula is C10H12N2S. The molecule has 0 atom stereocenters.